The van der Waals surface area contributed by atoms with E-state index in [-0.39, 0.29) is 11.5 Å². The Hall–Kier alpha value is -2.06. The zero-order chi connectivity index (χ0) is 17.9. The van der Waals surface area contributed by atoms with Crippen molar-refractivity contribution >= 4 is 0 Å². The number of likely N-dealkylation sites (tertiary alicyclic amines) is 1. The minimum absolute atomic E-state index is 0.0201. The Morgan fingerprint density at radius 2 is 2.08 bits per heavy atom. The summed E-state index contributed by atoms with van der Waals surface area (Å²) in [5, 5.41) is 8.47. The van der Waals surface area contributed by atoms with E-state index in [1.165, 1.54) is 0 Å². The molecule has 140 valence electrons. The number of aryl methyl sites for hydroxylation is 1. The molecule has 26 heavy (non-hydrogen) atoms. The average Bonchev–Trinajstić information content (AvgIpc) is 3.31. The second-order valence-electron chi connectivity index (χ2n) is 7.32. The summed E-state index contributed by atoms with van der Waals surface area (Å²) < 4.78 is 12.4. The third-order valence-corrected chi connectivity index (χ3v) is 5.27. The van der Waals surface area contributed by atoms with E-state index in [0.29, 0.717) is 31.5 Å². The van der Waals surface area contributed by atoms with Gasteiger partial charge in [0.25, 0.3) is 5.56 Å². The second kappa shape index (κ2) is 7.67. The first-order valence-electron chi connectivity index (χ1n) is 9.35. The summed E-state index contributed by atoms with van der Waals surface area (Å²) >= 11 is 0. The lowest BCUT2D eigenvalue weighted by atomic mass is 9.97. The topological polar surface area (TPSA) is 86.3 Å². The van der Waals surface area contributed by atoms with Crippen molar-refractivity contribution in [2.45, 2.75) is 45.2 Å². The van der Waals surface area contributed by atoms with Crippen molar-refractivity contribution in [1.82, 2.24) is 24.8 Å². The van der Waals surface area contributed by atoms with Gasteiger partial charge in [0.05, 0.1) is 24.8 Å². The Kier molecular flexibility index (Phi) is 5.12. The minimum Gasteiger partial charge on any atom is -0.381 e. The van der Waals surface area contributed by atoms with Crippen LogP contribution in [0, 0.1) is 12.8 Å². The molecule has 2 saturated heterocycles. The molecular weight excluding hydrogens is 334 g/mol. The molecule has 4 heterocycles. The monoisotopic (exact) mass is 359 g/mol. The van der Waals surface area contributed by atoms with Crippen LogP contribution in [0.5, 0.6) is 0 Å². The molecule has 2 fully saturated rings. The average molecular weight is 359 g/mol. The Labute approximate surface area is 152 Å². The van der Waals surface area contributed by atoms with Crippen molar-refractivity contribution in [2.24, 2.45) is 5.92 Å². The van der Waals surface area contributed by atoms with Crippen molar-refractivity contribution in [3.63, 3.8) is 0 Å². The van der Waals surface area contributed by atoms with Crippen LogP contribution in [-0.2, 0) is 17.8 Å². The summed E-state index contributed by atoms with van der Waals surface area (Å²) in [6.45, 7) is 6.72. The van der Waals surface area contributed by atoms with Gasteiger partial charge in [0.1, 0.15) is 0 Å². The lowest BCUT2D eigenvalue weighted by molar-refractivity contribution is 0.159. The van der Waals surface area contributed by atoms with Crippen LogP contribution in [0.2, 0.25) is 0 Å². The Morgan fingerprint density at radius 3 is 2.85 bits per heavy atom. The van der Waals surface area contributed by atoms with Gasteiger partial charge in [-0.3, -0.25) is 9.69 Å². The van der Waals surface area contributed by atoms with Crippen molar-refractivity contribution in [3.8, 4) is 0 Å². The molecule has 0 aromatic carbocycles. The first-order chi connectivity index (χ1) is 12.7. The molecule has 2 aromatic rings. The number of aromatic nitrogens is 4. The van der Waals surface area contributed by atoms with Gasteiger partial charge >= 0.3 is 0 Å². The highest BCUT2D eigenvalue weighted by molar-refractivity contribution is 4.98. The van der Waals surface area contributed by atoms with E-state index in [9.17, 15) is 4.79 Å². The molecule has 2 aliphatic rings. The Bertz CT molecular complexity index is 788. The Morgan fingerprint density at radius 1 is 1.23 bits per heavy atom. The van der Waals surface area contributed by atoms with Crippen LogP contribution in [0.4, 0.5) is 0 Å². The van der Waals surface area contributed by atoms with Crippen LogP contribution in [0.15, 0.2) is 21.5 Å². The lowest BCUT2D eigenvalue weighted by Crippen LogP contribution is -2.36. The van der Waals surface area contributed by atoms with Gasteiger partial charge in [0, 0.05) is 19.2 Å². The first-order valence-corrected chi connectivity index (χ1v) is 9.35. The van der Waals surface area contributed by atoms with Gasteiger partial charge in [-0.1, -0.05) is 5.16 Å². The molecule has 0 saturated carbocycles. The minimum atomic E-state index is -0.0201. The number of ether oxygens (including phenoxy) is 1. The quantitative estimate of drug-likeness (QED) is 0.796. The second-order valence-corrected chi connectivity index (χ2v) is 7.32. The highest BCUT2D eigenvalue weighted by Crippen LogP contribution is 2.24. The molecule has 8 heteroatoms. The number of piperidine rings is 1. The number of hydrogen-bond acceptors (Lipinski definition) is 7. The fourth-order valence-corrected chi connectivity index (χ4v) is 3.68. The third-order valence-electron chi connectivity index (χ3n) is 5.27. The van der Waals surface area contributed by atoms with E-state index in [0.717, 1.165) is 50.5 Å². The van der Waals surface area contributed by atoms with Crippen LogP contribution in [0.3, 0.4) is 0 Å². The molecule has 0 bridgehead atoms. The Balaban J connectivity index is 1.28. The normalized spacial score (nSPS) is 22.1. The van der Waals surface area contributed by atoms with E-state index in [4.69, 9.17) is 9.26 Å². The molecule has 0 radical (unpaired) electrons. The highest BCUT2D eigenvalue weighted by atomic mass is 16.5. The molecule has 0 spiro atoms. The lowest BCUT2D eigenvalue weighted by Gasteiger charge is -2.31. The molecule has 0 aliphatic carbocycles. The van der Waals surface area contributed by atoms with Crippen LogP contribution >= 0.6 is 0 Å². The van der Waals surface area contributed by atoms with Gasteiger partial charge in [-0.2, -0.15) is 10.1 Å². The molecular formula is C18H25N5O3. The predicted molar refractivity (Wildman–Crippen MR) is 93.7 cm³/mol. The summed E-state index contributed by atoms with van der Waals surface area (Å²) in [6, 6.07) is 3.36. The fraction of sp³-hybridized carbons (Fsp3) is 0.667. The van der Waals surface area contributed by atoms with Gasteiger partial charge < -0.3 is 9.26 Å². The maximum Gasteiger partial charge on any atom is 0.266 e. The molecule has 4 rings (SSSR count). The van der Waals surface area contributed by atoms with Crippen molar-refractivity contribution in [3.05, 3.63) is 39.9 Å². The van der Waals surface area contributed by atoms with E-state index in [1.807, 2.05) is 6.92 Å². The van der Waals surface area contributed by atoms with E-state index in [1.54, 1.807) is 16.8 Å². The number of hydrogen-bond donors (Lipinski definition) is 0. The van der Waals surface area contributed by atoms with Gasteiger partial charge in [-0.15, -0.1) is 0 Å². The van der Waals surface area contributed by atoms with Crippen molar-refractivity contribution in [2.75, 3.05) is 26.3 Å². The zero-order valence-electron chi connectivity index (χ0n) is 15.1. The maximum atomic E-state index is 11.9. The third kappa shape index (κ3) is 4.02. The molecule has 2 aliphatic heterocycles. The van der Waals surface area contributed by atoms with E-state index >= 15 is 0 Å². The first kappa shape index (κ1) is 17.4. The van der Waals surface area contributed by atoms with Crippen LogP contribution in [-0.4, -0.2) is 51.1 Å². The zero-order valence-corrected chi connectivity index (χ0v) is 15.1. The van der Waals surface area contributed by atoms with Gasteiger partial charge in [-0.05, 0) is 51.3 Å². The summed E-state index contributed by atoms with van der Waals surface area (Å²) in [7, 11) is 0. The van der Waals surface area contributed by atoms with Gasteiger partial charge in [0.15, 0.2) is 5.82 Å². The summed E-state index contributed by atoms with van der Waals surface area (Å²) in [5.41, 5.74) is 0.857. The molecule has 0 amide bonds. The van der Waals surface area contributed by atoms with Crippen LogP contribution < -0.4 is 5.56 Å². The molecule has 0 N–H and O–H groups in total. The molecule has 1 atom stereocenters. The SMILES string of the molecule is Cc1ccc(=O)n(CC2CCN(Cc3noc(C4CCOC4)n3)CC2)n1. The summed E-state index contributed by atoms with van der Waals surface area (Å²) in [5.74, 6) is 2.19. The standard InChI is InChI=1S/C18H25N5O3/c1-13-2-3-17(24)23(20-13)10-14-4-7-22(8-5-14)11-16-19-18(26-21-16)15-6-9-25-12-15/h2-3,14-15H,4-12H2,1H3. The van der Waals surface area contributed by atoms with Gasteiger partial charge in [-0.25, -0.2) is 4.68 Å². The molecule has 2 aromatic heterocycles. The maximum absolute atomic E-state index is 11.9. The van der Waals surface area contributed by atoms with Crippen LogP contribution in [0.25, 0.3) is 0 Å². The predicted octanol–water partition coefficient (Wildman–Crippen LogP) is 1.35. The number of rotatable bonds is 5. The van der Waals surface area contributed by atoms with E-state index < -0.39 is 0 Å². The number of nitrogens with zero attached hydrogens (tertiary/aromatic N) is 5. The molecule has 8 nitrogen and oxygen atoms in total. The fourth-order valence-electron chi connectivity index (χ4n) is 3.68. The van der Waals surface area contributed by atoms with E-state index in [2.05, 4.69) is 20.1 Å². The molecule has 1 unspecified atom stereocenters. The van der Waals surface area contributed by atoms with Gasteiger partial charge in [0.2, 0.25) is 5.89 Å². The largest absolute Gasteiger partial charge is 0.381 e. The van der Waals surface area contributed by atoms with Crippen molar-refractivity contribution < 1.29 is 9.26 Å². The van der Waals surface area contributed by atoms with Crippen molar-refractivity contribution in [1.29, 1.82) is 0 Å². The summed E-state index contributed by atoms with van der Waals surface area (Å²) in [4.78, 5) is 18.8. The smallest absolute Gasteiger partial charge is 0.266 e. The summed E-state index contributed by atoms with van der Waals surface area (Å²) in [6.07, 6.45) is 3.05. The van der Waals surface area contributed by atoms with Crippen LogP contribution in [0.1, 0.15) is 42.6 Å². The highest BCUT2D eigenvalue weighted by Gasteiger charge is 2.25.